The predicted octanol–water partition coefficient (Wildman–Crippen LogP) is 2.69. The van der Waals surface area contributed by atoms with Crippen LogP contribution in [-0.4, -0.2) is 11.2 Å². The molecule has 14 heavy (non-hydrogen) atoms. The Hall–Kier alpha value is -1.22. The summed E-state index contributed by atoms with van der Waals surface area (Å²) in [6.07, 6.45) is -2.89. The third kappa shape index (κ3) is 2.17. The van der Waals surface area contributed by atoms with Crippen LogP contribution >= 0.6 is 11.8 Å². The SMILES string of the molecule is CSc1nc(C(F)(F)F)ccc1C#N. The number of nitrogens with zero attached hydrogens (tertiary/aromatic N) is 2. The van der Waals surface area contributed by atoms with E-state index in [4.69, 9.17) is 5.26 Å². The van der Waals surface area contributed by atoms with Gasteiger partial charge in [-0.15, -0.1) is 11.8 Å². The number of aromatic nitrogens is 1. The van der Waals surface area contributed by atoms with Crippen molar-refractivity contribution in [3.8, 4) is 6.07 Å². The number of hydrogen-bond donors (Lipinski definition) is 0. The van der Waals surface area contributed by atoms with Gasteiger partial charge >= 0.3 is 6.18 Å². The highest BCUT2D eigenvalue weighted by Crippen LogP contribution is 2.29. The van der Waals surface area contributed by atoms with E-state index in [2.05, 4.69) is 4.98 Å². The zero-order valence-electron chi connectivity index (χ0n) is 7.09. The first-order chi connectivity index (χ1) is 6.49. The standard InChI is InChI=1S/C8H5F3N2S/c1-14-7-5(4-12)2-3-6(13-7)8(9,10)11/h2-3H,1H3. The van der Waals surface area contributed by atoms with Crippen LogP contribution in [0.15, 0.2) is 17.2 Å². The van der Waals surface area contributed by atoms with E-state index in [0.717, 1.165) is 23.9 Å². The lowest BCUT2D eigenvalue weighted by Gasteiger charge is -2.07. The number of hydrogen-bond acceptors (Lipinski definition) is 3. The summed E-state index contributed by atoms with van der Waals surface area (Å²) in [4.78, 5) is 3.35. The first kappa shape index (κ1) is 10.9. The molecule has 0 unspecified atom stereocenters. The van der Waals surface area contributed by atoms with Gasteiger partial charge in [0.2, 0.25) is 0 Å². The van der Waals surface area contributed by atoms with Crippen LogP contribution in [0.4, 0.5) is 13.2 Å². The Morgan fingerprint density at radius 3 is 2.50 bits per heavy atom. The van der Waals surface area contributed by atoms with E-state index in [-0.39, 0.29) is 10.6 Å². The van der Waals surface area contributed by atoms with E-state index in [9.17, 15) is 13.2 Å². The second-order valence-corrected chi connectivity index (χ2v) is 3.16. The van der Waals surface area contributed by atoms with Gasteiger partial charge in [-0.2, -0.15) is 18.4 Å². The van der Waals surface area contributed by atoms with Crippen molar-refractivity contribution in [2.75, 3.05) is 6.26 Å². The molecule has 6 heteroatoms. The summed E-state index contributed by atoms with van der Waals surface area (Å²) in [6.45, 7) is 0. The number of pyridine rings is 1. The third-order valence-corrected chi connectivity index (χ3v) is 2.16. The maximum absolute atomic E-state index is 12.2. The van der Waals surface area contributed by atoms with Gasteiger partial charge in [-0.05, 0) is 18.4 Å². The Morgan fingerprint density at radius 1 is 1.43 bits per heavy atom. The highest BCUT2D eigenvalue weighted by molar-refractivity contribution is 7.98. The molecule has 1 rings (SSSR count). The molecule has 0 spiro atoms. The summed E-state index contributed by atoms with van der Waals surface area (Å²) in [5, 5.41) is 8.66. The van der Waals surface area contributed by atoms with Crippen molar-refractivity contribution in [2.45, 2.75) is 11.2 Å². The molecule has 0 bridgehead atoms. The second-order valence-electron chi connectivity index (χ2n) is 2.36. The third-order valence-electron chi connectivity index (χ3n) is 1.46. The van der Waals surface area contributed by atoms with Crippen molar-refractivity contribution in [1.82, 2.24) is 4.98 Å². The minimum absolute atomic E-state index is 0.0994. The van der Waals surface area contributed by atoms with Crippen molar-refractivity contribution in [3.63, 3.8) is 0 Å². The van der Waals surface area contributed by atoms with Crippen molar-refractivity contribution in [1.29, 1.82) is 5.26 Å². The summed E-state index contributed by atoms with van der Waals surface area (Å²) in [5.74, 6) is 0. The summed E-state index contributed by atoms with van der Waals surface area (Å²) >= 11 is 1.02. The fourth-order valence-electron chi connectivity index (χ4n) is 0.839. The smallest absolute Gasteiger partial charge is 0.236 e. The summed E-state index contributed by atoms with van der Waals surface area (Å²) in [6, 6.07) is 3.70. The lowest BCUT2D eigenvalue weighted by molar-refractivity contribution is -0.141. The molecular weight excluding hydrogens is 213 g/mol. The minimum Gasteiger partial charge on any atom is -0.236 e. The molecule has 0 fully saturated rings. The van der Waals surface area contributed by atoms with Crippen molar-refractivity contribution in [3.05, 3.63) is 23.4 Å². The van der Waals surface area contributed by atoms with Gasteiger partial charge < -0.3 is 0 Å². The molecule has 0 aromatic carbocycles. The normalized spacial score (nSPS) is 11.1. The Labute approximate surface area is 82.8 Å². The molecule has 1 aromatic heterocycles. The number of alkyl halides is 3. The average Bonchev–Trinajstić information content (AvgIpc) is 2.15. The molecule has 74 valence electrons. The number of rotatable bonds is 1. The first-order valence-corrected chi connectivity index (χ1v) is 4.74. The highest BCUT2D eigenvalue weighted by atomic mass is 32.2. The molecular formula is C8H5F3N2S. The molecule has 2 nitrogen and oxygen atoms in total. The topological polar surface area (TPSA) is 36.7 Å². The van der Waals surface area contributed by atoms with Crippen LogP contribution in [0.5, 0.6) is 0 Å². The number of nitriles is 1. The molecule has 0 saturated carbocycles. The fraction of sp³-hybridized carbons (Fsp3) is 0.250. The van der Waals surface area contributed by atoms with Gasteiger partial charge in [0, 0.05) is 0 Å². The van der Waals surface area contributed by atoms with E-state index >= 15 is 0 Å². The van der Waals surface area contributed by atoms with Crippen LogP contribution < -0.4 is 0 Å². The van der Waals surface area contributed by atoms with Crippen LogP contribution in [0.1, 0.15) is 11.3 Å². The number of thioether (sulfide) groups is 1. The summed E-state index contributed by atoms with van der Waals surface area (Å²) in [7, 11) is 0. The molecule has 0 radical (unpaired) electrons. The Kier molecular flexibility index (Phi) is 3.01. The van der Waals surface area contributed by atoms with Crippen LogP contribution in [-0.2, 0) is 6.18 Å². The Morgan fingerprint density at radius 2 is 2.07 bits per heavy atom. The fourth-order valence-corrected chi connectivity index (χ4v) is 1.36. The zero-order valence-corrected chi connectivity index (χ0v) is 7.91. The van der Waals surface area contributed by atoms with Gasteiger partial charge in [-0.25, -0.2) is 4.98 Å². The lowest BCUT2D eigenvalue weighted by atomic mass is 10.2. The van der Waals surface area contributed by atoms with Crippen LogP contribution in [0, 0.1) is 11.3 Å². The van der Waals surface area contributed by atoms with E-state index in [0.29, 0.717) is 0 Å². The maximum Gasteiger partial charge on any atom is 0.433 e. The highest BCUT2D eigenvalue weighted by Gasteiger charge is 2.32. The molecule has 1 aromatic rings. The van der Waals surface area contributed by atoms with Gasteiger partial charge in [0.15, 0.2) is 0 Å². The van der Waals surface area contributed by atoms with E-state index in [1.54, 1.807) is 12.3 Å². The molecule has 1 heterocycles. The monoisotopic (exact) mass is 218 g/mol. The van der Waals surface area contributed by atoms with Gasteiger partial charge in [0.1, 0.15) is 16.8 Å². The van der Waals surface area contributed by atoms with Crippen molar-refractivity contribution >= 4 is 11.8 Å². The zero-order chi connectivity index (χ0) is 10.8. The molecule has 0 aliphatic carbocycles. The summed E-state index contributed by atoms with van der Waals surface area (Å²) in [5.41, 5.74) is -0.814. The molecule has 0 N–H and O–H groups in total. The second kappa shape index (κ2) is 3.88. The van der Waals surface area contributed by atoms with Crippen LogP contribution in [0.3, 0.4) is 0 Å². The maximum atomic E-state index is 12.2. The van der Waals surface area contributed by atoms with Gasteiger partial charge in [-0.3, -0.25) is 0 Å². The van der Waals surface area contributed by atoms with Crippen LogP contribution in [0.25, 0.3) is 0 Å². The molecule has 0 saturated heterocycles. The largest absolute Gasteiger partial charge is 0.433 e. The average molecular weight is 218 g/mol. The summed E-state index contributed by atoms with van der Waals surface area (Å²) < 4.78 is 36.6. The first-order valence-electron chi connectivity index (χ1n) is 3.51. The van der Waals surface area contributed by atoms with Crippen molar-refractivity contribution in [2.24, 2.45) is 0 Å². The van der Waals surface area contributed by atoms with Crippen molar-refractivity contribution < 1.29 is 13.2 Å². The molecule has 0 aliphatic heterocycles. The van der Waals surface area contributed by atoms with Gasteiger partial charge in [-0.1, -0.05) is 0 Å². The molecule has 0 amide bonds. The Balaban J connectivity index is 3.23. The minimum atomic E-state index is -4.46. The van der Waals surface area contributed by atoms with E-state index in [1.807, 2.05) is 0 Å². The molecule has 0 atom stereocenters. The quantitative estimate of drug-likeness (QED) is 0.680. The predicted molar refractivity (Wildman–Crippen MR) is 45.7 cm³/mol. The molecule has 0 aliphatic rings. The van der Waals surface area contributed by atoms with Gasteiger partial charge in [0.25, 0.3) is 0 Å². The van der Waals surface area contributed by atoms with Crippen LogP contribution in [0.2, 0.25) is 0 Å². The van der Waals surface area contributed by atoms with E-state index < -0.39 is 11.9 Å². The Bertz CT molecular complexity index is 381. The van der Waals surface area contributed by atoms with E-state index in [1.165, 1.54) is 0 Å². The lowest BCUT2D eigenvalue weighted by Crippen LogP contribution is -2.08. The number of halogens is 3. The van der Waals surface area contributed by atoms with Gasteiger partial charge in [0.05, 0.1) is 5.56 Å².